The highest BCUT2D eigenvalue weighted by atomic mass is 19.4. The molecule has 0 radical (unpaired) electrons. The molecule has 0 rings (SSSR count). The third kappa shape index (κ3) is 8.05. The summed E-state index contributed by atoms with van der Waals surface area (Å²) in [5.74, 6) is 5.42. The van der Waals surface area contributed by atoms with Gasteiger partial charge in [-0.05, 0) is 18.8 Å². The number of hydrogen-bond acceptors (Lipinski definition) is 2. The smallest absolute Gasteiger partial charge is 0.271 e. The molecule has 80 valence electrons. The second-order valence-electron chi connectivity index (χ2n) is 3.65. The molecule has 0 saturated carbocycles. The summed E-state index contributed by atoms with van der Waals surface area (Å²) in [6.07, 6.45) is -3.76. The van der Waals surface area contributed by atoms with Crippen molar-refractivity contribution >= 4 is 0 Å². The van der Waals surface area contributed by atoms with Crippen LogP contribution in [0.2, 0.25) is 0 Å². The summed E-state index contributed by atoms with van der Waals surface area (Å²) in [5.41, 5.74) is 2.19. The Morgan fingerprint density at radius 1 is 1.23 bits per heavy atom. The van der Waals surface area contributed by atoms with Gasteiger partial charge in [-0.2, -0.15) is 13.2 Å². The summed E-state index contributed by atoms with van der Waals surface area (Å²) in [6, 6.07) is -0.651. The maximum atomic E-state index is 11.9. The first-order chi connectivity index (χ1) is 5.85. The Morgan fingerprint density at radius 3 is 2.08 bits per heavy atom. The van der Waals surface area contributed by atoms with Gasteiger partial charge in [0.15, 0.2) is 0 Å². The van der Waals surface area contributed by atoms with Crippen molar-refractivity contribution in [2.75, 3.05) is 0 Å². The van der Waals surface area contributed by atoms with Crippen LogP contribution in [0, 0.1) is 5.92 Å². The van der Waals surface area contributed by atoms with Crippen LogP contribution in [-0.4, -0.2) is 12.2 Å². The van der Waals surface area contributed by atoms with Crippen LogP contribution in [0.5, 0.6) is 0 Å². The molecular weight excluding hydrogens is 181 g/mol. The molecule has 13 heavy (non-hydrogen) atoms. The van der Waals surface area contributed by atoms with Crippen LogP contribution < -0.4 is 11.3 Å². The molecule has 0 amide bonds. The number of hydrazine groups is 1. The van der Waals surface area contributed by atoms with Gasteiger partial charge in [0, 0.05) is 6.04 Å². The quantitative estimate of drug-likeness (QED) is 0.525. The van der Waals surface area contributed by atoms with E-state index in [-0.39, 0.29) is 0 Å². The minimum atomic E-state index is -4.13. The average molecular weight is 198 g/mol. The van der Waals surface area contributed by atoms with Crippen molar-refractivity contribution in [2.45, 2.75) is 45.3 Å². The van der Waals surface area contributed by atoms with E-state index in [2.05, 4.69) is 5.43 Å². The van der Waals surface area contributed by atoms with Gasteiger partial charge in [0.2, 0.25) is 0 Å². The lowest BCUT2D eigenvalue weighted by Gasteiger charge is -2.18. The molecule has 0 aromatic heterocycles. The molecule has 0 spiro atoms. The number of hydrogen-bond donors (Lipinski definition) is 2. The average Bonchev–Trinajstić information content (AvgIpc) is 1.95. The Morgan fingerprint density at radius 2 is 1.77 bits per heavy atom. The van der Waals surface area contributed by atoms with Crippen LogP contribution in [-0.2, 0) is 0 Å². The molecule has 1 atom stereocenters. The summed E-state index contributed by atoms with van der Waals surface area (Å²) >= 11 is 0. The summed E-state index contributed by atoms with van der Waals surface area (Å²) < 4.78 is 35.8. The first-order valence-electron chi connectivity index (χ1n) is 4.38. The predicted molar refractivity (Wildman–Crippen MR) is 45.9 cm³/mol. The van der Waals surface area contributed by atoms with Crippen molar-refractivity contribution in [3.63, 3.8) is 0 Å². The zero-order valence-corrected chi connectivity index (χ0v) is 7.99. The van der Waals surface area contributed by atoms with Crippen molar-refractivity contribution in [2.24, 2.45) is 11.8 Å². The lowest BCUT2D eigenvalue weighted by Crippen LogP contribution is -2.38. The van der Waals surface area contributed by atoms with Gasteiger partial charge in [-0.25, -0.2) is 0 Å². The molecule has 0 aliphatic heterocycles. The largest absolute Gasteiger partial charge is 0.390 e. The van der Waals surface area contributed by atoms with Crippen molar-refractivity contribution in [1.29, 1.82) is 0 Å². The Kier molecular flexibility index (Phi) is 5.32. The summed E-state index contributed by atoms with van der Waals surface area (Å²) in [7, 11) is 0. The molecule has 0 heterocycles. The van der Waals surface area contributed by atoms with E-state index in [1.54, 1.807) is 0 Å². The fourth-order valence-corrected chi connectivity index (χ4v) is 1.06. The molecule has 0 saturated heterocycles. The van der Waals surface area contributed by atoms with Gasteiger partial charge in [-0.3, -0.25) is 11.3 Å². The number of nitrogens with two attached hydrogens (primary N) is 1. The normalized spacial score (nSPS) is 15.0. The molecular formula is C8H17F3N2. The van der Waals surface area contributed by atoms with Gasteiger partial charge < -0.3 is 0 Å². The minimum Gasteiger partial charge on any atom is -0.271 e. The van der Waals surface area contributed by atoms with Crippen LogP contribution in [0.25, 0.3) is 0 Å². The number of rotatable bonds is 5. The zero-order chi connectivity index (χ0) is 10.5. The van der Waals surface area contributed by atoms with E-state index in [0.29, 0.717) is 12.3 Å². The monoisotopic (exact) mass is 198 g/mol. The van der Waals surface area contributed by atoms with E-state index in [1.165, 1.54) is 0 Å². The molecule has 0 aliphatic rings. The standard InChI is InChI=1S/C8H17F3N2/c1-6(2)3-4-7(13-12)5-8(9,10)11/h6-7,13H,3-5,12H2,1-2H3. The Hall–Kier alpha value is -0.290. The van der Waals surface area contributed by atoms with Crippen molar-refractivity contribution < 1.29 is 13.2 Å². The van der Waals surface area contributed by atoms with Crippen LogP contribution in [0.1, 0.15) is 33.1 Å². The molecule has 0 fully saturated rings. The second-order valence-corrected chi connectivity index (χ2v) is 3.65. The number of nitrogens with one attached hydrogen (secondary N) is 1. The second kappa shape index (κ2) is 5.44. The molecule has 5 heteroatoms. The maximum absolute atomic E-state index is 11.9. The van der Waals surface area contributed by atoms with E-state index >= 15 is 0 Å². The molecule has 0 aromatic rings. The van der Waals surface area contributed by atoms with Gasteiger partial charge in [-0.15, -0.1) is 0 Å². The predicted octanol–water partition coefficient (Wildman–Crippen LogP) is 2.21. The molecule has 1 unspecified atom stereocenters. The van der Waals surface area contributed by atoms with E-state index in [1.807, 2.05) is 13.8 Å². The van der Waals surface area contributed by atoms with Crippen LogP contribution in [0.3, 0.4) is 0 Å². The third-order valence-corrected chi connectivity index (χ3v) is 1.81. The first-order valence-corrected chi connectivity index (χ1v) is 4.38. The Labute approximate surface area is 76.7 Å². The fraction of sp³-hybridized carbons (Fsp3) is 1.00. The molecule has 0 aromatic carbocycles. The van der Waals surface area contributed by atoms with E-state index in [0.717, 1.165) is 6.42 Å². The molecule has 0 bridgehead atoms. The summed E-state index contributed by atoms with van der Waals surface area (Å²) in [6.45, 7) is 3.95. The van der Waals surface area contributed by atoms with Gasteiger partial charge in [0.05, 0.1) is 6.42 Å². The summed E-state index contributed by atoms with van der Waals surface area (Å²) in [5, 5.41) is 0. The lowest BCUT2D eigenvalue weighted by molar-refractivity contribution is -0.140. The van der Waals surface area contributed by atoms with Gasteiger partial charge in [0.25, 0.3) is 0 Å². The van der Waals surface area contributed by atoms with Gasteiger partial charge >= 0.3 is 6.18 Å². The van der Waals surface area contributed by atoms with E-state index < -0.39 is 18.6 Å². The van der Waals surface area contributed by atoms with Gasteiger partial charge in [0.1, 0.15) is 0 Å². The minimum absolute atomic E-state index is 0.407. The van der Waals surface area contributed by atoms with E-state index in [4.69, 9.17) is 5.84 Å². The maximum Gasteiger partial charge on any atom is 0.390 e. The van der Waals surface area contributed by atoms with Crippen LogP contribution in [0.15, 0.2) is 0 Å². The highest BCUT2D eigenvalue weighted by Crippen LogP contribution is 2.23. The fourth-order valence-electron chi connectivity index (χ4n) is 1.06. The van der Waals surface area contributed by atoms with Crippen molar-refractivity contribution in [3.05, 3.63) is 0 Å². The van der Waals surface area contributed by atoms with Crippen LogP contribution >= 0.6 is 0 Å². The summed E-state index contributed by atoms with van der Waals surface area (Å²) in [4.78, 5) is 0. The highest BCUT2D eigenvalue weighted by Gasteiger charge is 2.31. The lowest BCUT2D eigenvalue weighted by atomic mass is 10.0. The topological polar surface area (TPSA) is 38.0 Å². The van der Waals surface area contributed by atoms with Crippen molar-refractivity contribution in [3.8, 4) is 0 Å². The third-order valence-electron chi connectivity index (χ3n) is 1.81. The Balaban J connectivity index is 3.76. The zero-order valence-electron chi connectivity index (χ0n) is 7.99. The van der Waals surface area contributed by atoms with E-state index in [9.17, 15) is 13.2 Å². The molecule has 2 nitrogen and oxygen atoms in total. The van der Waals surface area contributed by atoms with Crippen molar-refractivity contribution in [1.82, 2.24) is 5.43 Å². The molecule has 3 N–H and O–H groups in total. The molecule has 0 aliphatic carbocycles. The first kappa shape index (κ1) is 12.7. The Bertz CT molecular complexity index is 134. The SMILES string of the molecule is CC(C)CCC(CC(F)(F)F)NN. The van der Waals surface area contributed by atoms with Crippen LogP contribution in [0.4, 0.5) is 13.2 Å². The number of halogens is 3. The number of alkyl halides is 3. The highest BCUT2D eigenvalue weighted by molar-refractivity contribution is 4.68. The van der Waals surface area contributed by atoms with Gasteiger partial charge in [-0.1, -0.05) is 13.8 Å².